The molecule has 0 bridgehead atoms. The van der Waals surface area contributed by atoms with Crippen LogP contribution in [0.5, 0.6) is 0 Å². The number of nitrogens with one attached hydrogen (secondary N) is 2. The fraction of sp³-hybridized carbons (Fsp3) is 0.385. The van der Waals surface area contributed by atoms with E-state index in [1.165, 1.54) is 18.2 Å². The Bertz CT molecular complexity index is 544. The van der Waals surface area contributed by atoms with E-state index in [2.05, 4.69) is 10.6 Å². The van der Waals surface area contributed by atoms with E-state index in [0.717, 1.165) is 13.1 Å². The minimum atomic E-state index is -0.582. The first-order valence-electron chi connectivity index (χ1n) is 6.13. The number of ether oxygens (including phenoxy) is 1. The molecule has 2 amide bonds. The van der Waals surface area contributed by atoms with E-state index in [1.54, 1.807) is 0 Å². The van der Waals surface area contributed by atoms with E-state index in [1.807, 2.05) is 6.92 Å². The topological polar surface area (TPSA) is 93.4 Å². The van der Waals surface area contributed by atoms with Crippen molar-refractivity contribution in [3.63, 3.8) is 0 Å². The van der Waals surface area contributed by atoms with Crippen molar-refractivity contribution in [2.45, 2.75) is 12.5 Å². The highest BCUT2D eigenvalue weighted by molar-refractivity contribution is 6.33. The van der Waals surface area contributed by atoms with E-state index in [-0.39, 0.29) is 23.7 Å². The van der Waals surface area contributed by atoms with Gasteiger partial charge in [-0.3, -0.25) is 9.59 Å². The molecule has 1 heterocycles. The van der Waals surface area contributed by atoms with Crippen LogP contribution in [0.15, 0.2) is 18.2 Å². The summed E-state index contributed by atoms with van der Waals surface area (Å²) in [7, 11) is 0. The second-order valence-electron chi connectivity index (χ2n) is 4.95. The van der Waals surface area contributed by atoms with Gasteiger partial charge in [-0.1, -0.05) is 11.6 Å². The van der Waals surface area contributed by atoms with Crippen molar-refractivity contribution >= 4 is 29.1 Å². The van der Waals surface area contributed by atoms with Gasteiger partial charge in [0.1, 0.15) is 6.61 Å². The molecule has 108 valence electrons. The summed E-state index contributed by atoms with van der Waals surface area (Å²) in [5.74, 6) is -0.914. The van der Waals surface area contributed by atoms with Gasteiger partial charge >= 0.3 is 0 Å². The summed E-state index contributed by atoms with van der Waals surface area (Å²) in [6.07, 6.45) is 0. The summed E-state index contributed by atoms with van der Waals surface area (Å²) in [5.41, 5.74) is 5.50. The van der Waals surface area contributed by atoms with Crippen molar-refractivity contribution in [2.75, 3.05) is 25.0 Å². The summed E-state index contributed by atoms with van der Waals surface area (Å²) in [6.45, 7) is 3.29. The largest absolute Gasteiger partial charge is 0.366 e. The average Bonchev–Trinajstić information content (AvgIpc) is 2.36. The van der Waals surface area contributed by atoms with Gasteiger partial charge in [-0.25, -0.2) is 0 Å². The van der Waals surface area contributed by atoms with Gasteiger partial charge in [0, 0.05) is 18.7 Å². The molecule has 0 unspecified atom stereocenters. The van der Waals surface area contributed by atoms with Crippen molar-refractivity contribution in [1.29, 1.82) is 0 Å². The molecule has 20 heavy (non-hydrogen) atoms. The molecule has 0 radical (unpaired) electrons. The van der Waals surface area contributed by atoms with Crippen molar-refractivity contribution in [3.05, 3.63) is 28.8 Å². The highest BCUT2D eigenvalue weighted by atomic mass is 35.5. The third-order valence-corrected chi connectivity index (χ3v) is 3.40. The van der Waals surface area contributed by atoms with Crippen LogP contribution in [0.1, 0.15) is 17.3 Å². The standard InChI is InChI=1S/C13H16ClN3O3/c1-13(6-16-7-13)20-5-11(18)17-10-4-8(12(15)19)2-3-9(10)14/h2-4,16H,5-7H2,1H3,(H2,15,19)(H,17,18). The van der Waals surface area contributed by atoms with Crippen LogP contribution in [0.2, 0.25) is 5.02 Å². The van der Waals surface area contributed by atoms with E-state index in [4.69, 9.17) is 22.1 Å². The van der Waals surface area contributed by atoms with E-state index in [0.29, 0.717) is 10.7 Å². The molecule has 0 aliphatic carbocycles. The molecule has 1 aromatic carbocycles. The molecule has 1 aromatic rings. The molecule has 0 spiro atoms. The molecule has 0 saturated carbocycles. The van der Waals surface area contributed by atoms with E-state index < -0.39 is 5.91 Å². The third kappa shape index (κ3) is 3.47. The van der Waals surface area contributed by atoms with Gasteiger partial charge in [-0.15, -0.1) is 0 Å². The van der Waals surface area contributed by atoms with Crippen LogP contribution in [0.3, 0.4) is 0 Å². The van der Waals surface area contributed by atoms with E-state index in [9.17, 15) is 9.59 Å². The van der Waals surface area contributed by atoms with Gasteiger partial charge in [0.05, 0.1) is 16.3 Å². The molecule has 2 rings (SSSR count). The quantitative estimate of drug-likeness (QED) is 0.748. The van der Waals surface area contributed by atoms with Crippen LogP contribution in [0.4, 0.5) is 5.69 Å². The highest BCUT2D eigenvalue weighted by Crippen LogP contribution is 2.23. The van der Waals surface area contributed by atoms with Crippen molar-refractivity contribution in [2.24, 2.45) is 5.73 Å². The summed E-state index contributed by atoms with van der Waals surface area (Å²) < 4.78 is 5.51. The number of halogens is 1. The van der Waals surface area contributed by atoms with Gasteiger partial charge in [0.25, 0.3) is 0 Å². The number of primary amides is 1. The molecule has 4 N–H and O–H groups in total. The average molecular weight is 298 g/mol. The van der Waals surface area contributed by atoms with Crippen LogP contribution in [-0.4, -0.2) is 37.1 Å². The maximum atomic E-state index is 11.8. The Labute approximate surface area is 121 Å². The summed E-state index contributed by atoms with van der Waals surface area (Å²) in [5, 5.41) is 6.01. The van der Waals surface area contributed by atoms with Crippen LogP contribution in [-0.2, 0) is 9.53 Å². The summed E-state index contributed by atoms with van der Waals surface area (Å²) in [6, 6.07) is 4.45. The first kappa shape index (κ1) is 14.8. The first-order valence-corrected chi connectivity index (χ1v) is 6.51. The molecule has 6 nitrogen and oxygen atoms in total. The van der Waals surface area contributed by atoms with Crippen molar-refractivity contribution in [3.8, 4) is 0 Å². The van der Waals surface area contributed by atoms with Crippen LogP contribution >= 0.6 is 11.6 Å². The lowest BCUT2D eigenvalue weighted by Crippen LogP contribution is -2.59. The number of benzene rings is 1. The fourth-order valence-corrected chi connectivity index (χ4v) is 1.94. The lowest BCUT2D eigenvalue weighted by molar-refractivity contribution is -0.130. The van der Waals surface area contributed by atoms with Gasteiger partial charge in [-0.2, -0.15) is 0 Å². The first-order chi connectivity index (χ1) is 9.39. The number of nitrogens with two attached hydrogens (primary N) is 1. The number of hydrogen-bond donors (Lipinski definition) is 3. The second kappa shape index (κ2) is 5.78. The molecule has 1 aliphatic heterocycles. The molecule has 0 atom stereocenters. The van der Waals surface area contributed by atoms with Crippen molar-refractivity contribution < 1.29 is 14.3 Å². The highest BCUT2D eigenvalue weighted by Gasteiger charge is 2.33. The van der Waals surface area contributed by atoms with Crippen LogP contribution < -0.4 is 16.4 Å². The van der Waals surface area contributed by atoms with Gasteiger partial charge in [0.15, 0.2) is 0 Å². The molecular formula is C13H16ClN3O3. The lowest BCUT2D eigenvalue weighted by Gasteiger charge is -2.38. The Balaban J connectivity index is 1.96. The normalized spacial score (nSPS) is 16.3. The number of carbonyl (C=O) groups excluding carboxylic acids is 2. The second-order valence-corrected chi connectivity index (χ2v) is 5.36. The lowest BCUT2D eigenvalue weighted by atomic mass is 10.0. The minimum Gasteiger partial charge on any atom is -0.366 e. The summed E-state index contributed by atoms with van der Waals surface area (Å²) in [4.78, 5) is 22.9. The molecule has 0 aromatic heterocycles. The Kier molecular flexibility index (Phi) is 4.27. The number of amides is 2. The minimum absolute atomic E-state index is 0.0741. The summed E-state index contributed by atoms with van der Waals surface area (Å²) >= 11 is 5.96. The maximum absolute atomic E-state index is 11.8. The number of hydrogen-bond acceptors (Lipinski definition) is 4. The number of rotatable bonds is 5. The maximum Gasteiger partial charge on any atom is 0.250 e. The SMILES string of the molecule is CC1(OCC(=O)Nc2cc(C(N)=O)ccc2Cl)CNC1. The zero-order valence-electron chi connectivity index (χ0n) is 11.0. The Morgan fingerprint density at radius 1 is 1.50 bits per heavy atom. The Hall–Kier alpha value is -1.63. The predicted molar refractivity (Wildman–Crippen MR) is 75.8 cm³/mol. The molecule has 1 saturated heterocycles. The number of carbonyl (C=O) groups is 2. The zero-order chi connectivity index (χ0) is 14.8. The molecular weight excluding hydrogens is 282 g/mol. The van der Waals surface area contributed by atoms with Gasteiger partial charge < -0.3 is 21.1 Å². The smallest absolute Gasteiger partial charge is 0.250 e. The van der Waals surface area contributed by atoms with Gasteiger partial charge in [-0.05, 0) is 25.1 Å². The van der Waals surface area contributed by atoms with Gasteiger partial charge in [0.2, 0.25) is 11.8 Å². The fourth-order valence-electron chi connectivity index (χ4n) is 1.78. The van der Waals surface area contributed by atoms with E-state index >= 15 is 0 Å². The number of anilines is 1. The Morgan fingerprint density at radius 2 is 2.20 bits per heavy atom. The third-order valence-electron chi connectivity index (χ3n) is 3.07. The van der Waals surface area contributed by atoms with Crippen molar-refractivity contribution in [1.82, 2.24) is 5.32 Å². The molecule has 1 aliphatic rings. The predicted octanol–water partition coefficient (Wildman–Crippen LogP) is 0.756. The Morgan fingerprint density at radius 3 is 2.75 bits per heavy atom. The monoisotopic (exact) mass is 297 g/mol. The zero-order valence-corrected chi connectivity index (χ0v) is 11.8. The van der Waals surface area contributed by atoms with Crippen LogP contribution in [0, 0.1) is 0 Å². The molecule has 1 fully saturated rings. The molecule has 7 heteroatoms. The van der Waals surface area contributed by atoms with Crippen LogP contribution in [0.25, 0.3) is 0 Å².